The lowest BCUT2D eigenvalue weighted by atomic mass is 9.66. The van der Waals surface area contributed by atoms with Gasteiger partial charge in [-0.1, -0.05) is 44.2 Å². The van der Waals surface area contributed by atoms with Crippen molar-refractivity contribution in [1.82, 2.24) is 5.32 Å². The standard InChI is InChI=1S/C17H21NO3/c1-15(2)16(3)9-10-17(15,21-14(16)20)13(19)18-11-12-7-5-4-6-8-12/h4-8H,9-11H2,1-3H3,(H,18,19)/t16-,17-/m1/s1. The maximum Gasteiger partial charge on any atom is 0.313 e. The van der Waals surface area contributed by atoms with E-state index >= 15 is 0 Å². The lowest BCUT2D eigenvalue weighted by Gasteiger charge is -2.35. The third-order valence-corrected chi connectivity index (χ3v) is 5.75. The highest BCUT2D eigenvalue weighted by Gasteiger charge is 2.75. The van der Waals surface area contributed by atoms with E-state index in [9.17, 15) is 9.59 Å². The van der Waals surface area contributed by atoms with Gasteiger partial charge < -0.3 is 10.1 Å². The van der Waals surface area contributed by atoms with Crippen molar-refractivity contribution in [1.29, 1.82) is 0 Å². The number of esters is 1. The maximum atomic E-state index is 12.7. The molecule has 0 radical (unpaired) electrons. The number of carbonyl (C=O) groups is 2. The third kappa shape index (κ3) is 1.68. The van der Waals surface area contributed by atoms with Gasteiger partial charge in [0.1, 0.15) is 0 Å². The van der Waals surface area contributed by atoms with Gasteiger partial charge in [-0.3, -0.25) is 9.59 Å². The molecule has 0 spiro atoms. The molecular formula is C17H21NO3. The molecule has 1 aliphatic carbocycles. The summed E-state index contributed by atoms with van der Waals surface area (Å²) in [4.78, 5) is 24.9. The molecule has 1 aliphatic heterocycles. The molecule has 1 saturated carbocycles. The van der Waals surface area contributed by atoms with E-state index in [4.69, 9.17) is 4.74 Å². The lowest BCUT2D eigenvalue weighted by molar-refractivity contribution is -0.168. The Labute approximate surface area is 124 Å². The van der Waals surface area contributed by atoms with Crippen molar-refractivity contribution in [2.24, 2.45) is 10.8 Å². The van der Waals surface area contributed by atoms with Crippen molar-refractivity contribution in [3.63, 3.8) is 0 Å². The predicted octanol–water partition coefficient (Wildman–Crippen LogP) is 2.42. The molecular weight excluding hydrogens is 266 g/mol. The SMILES string of the molecule is CC1(C)[C@]2(C)CC[C@]1(C(=O)NCc1ccccc1)OC2=O. The summed E-state index contributed by atoms with van der Waals surface area (Å²) in [5, 5.41) is 2.94. The molecule has 1 aromatic rings. The molecule has 1 amide bonds. The van der Waals surface area contributed by atoms with Crippen molar-refractivity contribution >= 4 is 11.9 Å². The number of hydrogen-bond acceptors (Lipinski definition) is 3. The van der Waals surface area contributed by atoms with Gasteiger partial charge in [-0.25, -0.2) is 0 Å². The van der Waals surface area contributed by atoms with E-state index in [-0.39, 0.29) is 11.9 Å². The Balaban J connectivity index is 1.80. The van der Waals surface area contributed by atoms with E-state index < -0.39 is 16.4 Å². The van der Waals surface area contributed by atoms with E-state index in [2.05, 4.69) is 5.32 Å². The van der Waals surface area contributed by atoms with Crippen LogP contribution in [0.25, 0.3) is 0 Å². The fraction of sp³-hybridized carbons (Fsp3) is 0.529. The van der Waals surface area contributed by atoms with Crippen molar-refractivity contribution in [2.75, 3.05) is 0 Å². The van der Waals surface area contributed by atoms with Crippen LogP contribution in [0.3, 0.4) is 0 Å². The molecule has 21 heavy (non-hydrogen) atoms. The maximum absolute atomic E-state index is 12.7. The number of ether oxygens (including phenoxy) is 1. The van der Waals surface area contributed by atoms with Gasteiger partial charge in [-0.2, -0.15) is 0 Å². The molecule has 1 aromatic carbocycles. The molecule has 112 valence electrons. The molecule has 4 nitrogen and oxygen atoms in total. The number of fused-ring (bicyclic) bond motifs is 2. The zero-order chi connectivity index (χ0) is 15.3. The van der Waals surface area contributed by atoms with Crippen LogP contribution in [0, 0.1) is 10.8 Å². The second-order valence-electron chi connectivity index (χ2n) is 6.84. The molecule has 2 bridgehead atoms. The van der Waals surface area contributed by atoms with E-state index in [0.29, 0.717) is 19.4 Å². The Morgan fingerprint density at radius 1 is 1.19 bits per heavy atom. The third-order valence-electron chi connectivity index (χ3n) is 5.75. The topological polar surface area (TPSA) is 55.4 Å². The quantitative estimate of drug-likeness (QED) is 0.869. The van der Waals surface area contributed by atoms with Crippen LogP contribution in [0.5, 0.6) is 0 Å². The van der Waals surface area contributed by atoms with Gasteiger partial charge in [0.2, 0.25) is 0 Å². The fourth-order valence-corrected chi connectivity index (χ4v) is 3.67. The lowest BCUT2D eigenvalue weighted by Crippen LogP contribution is -2.53. The average molecular weight is 287 g/mol. The summed E-state index contributed by atoms with van der Waals surface area (Å²) in [5.41, 5.74) is -1.03. The molecule has 1 N–H and O–H groups in total. The summed E-state index contributed by atoms with van der Waals surface area (Å²) >= 11 is 0. The second kappa shape index (κ2) is 4.33. The van der Waals surface area contributed by atoms with Crippen LogP contribution < -0.4 is 5.32 Å². The number of rotatable bonds is 3. The number of carbonyl (C=O) groups excluding carboxylic acids is 2. The van der Waals surface area contributed by atoms with Gasteiger partial charge in [-0.05, 0) is 25.3 Å². The fourth-order valence-electron chi connectivity index (χ4n) is 3.67. The molecule has 2 aliphatic rings. The summed E-state index contributed by atoms with van der Waals surface area (Å²) in [6, 6.07) is 9.73. The van der Waals surface area contributed by atoms with E-state index in [1.807, 2.05) is 51.1 Å². The number of benzene rings is 1. The van der Waals surface area contributed by atoms with Crippen LogP contribution in [-0.4, -0.2) is 17.5 Å². The average Bonchev–Trinajstić information content (AvgIpc) is 2.76. The Morgan fingerprint density at radius 3 is 2.38 bits per heavy atom. The van der Waals surface area contributed by atoms with Crippen molar-refractivity contribution in [3.05, 3.63) is 35.9 Å². The summed E-state index contributed by atoms with van der Waals surface area (Å²) in [7, 11) is 0. The van der Waals surface area contributed by atoms with Gasteiger partial charge in [-0.15, -0.1) is 0 Å². The van der Waals surface area contributed by atoms with Gasteiger partial charge in [0.25, 0.3) is 5.91 Å². The van der Waals surface area contributed by atoms with E-state index in [0.717, 1.165) is 5.56 Å². The number of hydrogen-bond donors (Lipinski definition) is 1. The summed E-state index contributed by atoms with van der Waals surface area (Å²) in [5.74, 6) is -0.417. The minimum Gasteiger partial charge on any atom is -0.448 e. The normalized spacial score (nSPS) is 32.8. The molecule has 0 unspecified atom stereocenters. The van der Waals surface area contributed by atoms with Gasteiger partial charge in [0.05, 0.1) is 5.41 Å². The molecule has 1 heterocycles. The Hall–Kier alpha value is -1.84. The van der Waals surface area contributed by atoms with Crippen LogP contribution in [0.1, 0.15) is 39.2 Å². The highest BCUT2D eigenvalue weighted by atomic mass is 16.6. The summed E-state index contributed by atoms with van der Waals surface area (Å²) in [6.45, 7) is 6.29. The Morgan fingerprint density at radius 2 is 1.86 bits per heavy atom. The zero-order valence-electron chi connectivity index (χ0n) is 12.7. The largest absolute Gasteiger partial charge is 0.448 e. The van der Waals surface area contributed by atoms with Gasteiger partial charge in [0, 0.05) is 12.0 Å². The highest BCUT2D eigenvalue weighted by Crippen LogP contribution is 2.65. The second-order valence-corrected chi connectivity index (χ2v) is 6.84. The molecule has 0 aromatic heterocycles. The predicted molar refractivity (Wildman–Crippen MR) is 78.2 cm³/mol. The van der Waals surface area contributed by atoms with Crippen LogP contribution in [0.15, 0.2) is 30.3 Å². The molecule has 3 rings (SSSR count). The molecule has 1 saturated heterocycles. The van der Waals surface area contributed by atoms with Crippen LogP contribution >= 0.6 is 0 Å². The van der Waals surface area contributed by atoms with E-state index in [1.165, 1.54) is 0 Å². The first-order valence-corrected chi connectivity index (χ1v) is 7.39. The first kappa shape index (κ1) is 14.1. The number of nitrogens with one attached hydrogen (secondary N) is 1. The minimum absolute atomic E-state index is 0.175. The Bertz CT molecular complexity index is 595. The highest BCUT2D eigenvalue weighted by molar-refractivity contribution is 5.96. The van der Waals surface area contributed by atoms with Gasteiger partial charge in [0.15, 0.2) is 5.60 Å². The Kier molecular flexibility index (Phi) is 2.91. The smallest absolute Gasteiger partial charge is 0.313 e. The van der Waals surface area contributed by atoms with Gasteiger partial charge >= 0.3 is 5.97 Å². The van der Waals surface area contributed by atoms with Crippen molar-refractivity contribution < 1.29 is 14.3 Å². The summed E-state index contributed by atoms with van der Waals surface area (Å²) < 4.78 is 5.57. The summed E-state index contributed by atoms with van der Waals surface area (Å²) in [6.07, 6.45) is 1.31. The van der Waals surface area contributed by atoms with Crippen LogP contribution in [0.2, 0.25) is 0 Å². The molecule has 2 fully saturated rings. The van der Waals surface area contributed by atoms with Crippen LogP contribution in [-0.2, 0) is 20.9 Å². The minimum atomic E-state index is -1.02. The molecule has 4 heteroatoms. The van der Waals surface area contributed by atoms with Crippen LogP contribution in [0.4, 0.5) is 0 Å². The first-order valence-electron chi connectivity index (χ1n) is 7.39. The van der Waals surface area contributed by atoms with E-state index in [1.54, 1.807) is 0 Å². The zero-order valence-corrected chi connectivity index (χ0v) is 12.7. The monoisotopic (exact) mass is 287 g/mol. The van der Waals surface area contributed by atoms with Crippen molar-refractivity contribution in [3.8, 4) is 0 Å². The molecule has 2 atom stereocenters. The van der Waals surface area contributed by atoms with Crippen molar-refractivity contribution in [2.45, 2.75) is 45.8 Å². The first-order chi connectivity index (χ1) is 9.83. The number of amides is 1.